The van der Waals surface area contributed by atoms with Crippen LogP contribution in [0.4, 0.5) is 11.4 Å². The lowest BCUT2D eigenvalue weighted by Gasteiger charge is -2.09. The van der Waals surface area contributed by atoms with Crippen molar-refractivity contribution < 1.29 is 4.79 Å². The van der Waals surface area contributed by atoms with Crippen LogP contribution in [0.25, 0.3) is 0 Å². The van der Waals surface area contributed by atoms with Crippen molar-refractivity contribution in [2.75, 3.05) is 11.1 Å². The molecule has 0 bridgehead atoms. The molecule has 1 amide bonds. The fourth-order valence-electron chi connectivity index (χ4n) is 1.38. The summed E-state index contributed by atoms with van der Waals surface area (Å²) in [5, 5.41) is 3.25. The Labute approximate surface area is 117 Å². The summed E-state index contributed by atoms with van der Waals surface area (Å²) in [5.74, 6) is -0.330. The van der Waals surface area contributed by atoms with Gasteiger partial charge in [-0.3, -0.25) is 9.78 Å². The zero-order valence-electron chi connectivity index (χ0n) is 9.15. The summed E-state index contributed by atoms with van der Waals surface area (Å²) in [6.07, 6.45) is 2.95. The molecule has 0 saturated heterocycles. The number of carbonyl (C=O) groups excluding carboxylic acids is 1. The van der Waals surface area contributed by atoms with Crippen molar-refractivity contribution in [1.82, 2.24) is 4.98 Å². The van der Waals surface area contributed by atoms with E-state index >= 15 is 0 Å². The van der Waals surface area contributed by atoms with Gasteiger partial charge in [0.05, 0.1) is 11.3 Å². The van der Waals surface area contributed by atoms with Gasteiger partial charge in [0.2, 0.25) is 0 Å². The predicted molar refractivity (Wildman–Crippen MR) is 75.8 cm³/mol. The monoisotopic (exact) mass is 325 g/mol. The molecule has 1 aromatic carbocycles. The Morgan fingerprint density at radius 1 is 1.39 bits per heavy atom. The van der Waals surface area contributed by atoms with Crippen molar-refractivity contribution >= 4 is 44.8 Å². The first kappa shape index (κ1) is 12.9. The minimum atomic E-state index is -0.330. The molecule has 1 heterocycles. The second kappa shape index (κ2) is 5.37. The maximum Gasteiger partial charge on any atom is 0.259 e. The van der Waals surface area contributed by atoms with E-state index in [0.29, 0.717) is 22.0 Å². The van der Waals surface area contributed by atoms with Crippen molar-refractivity contribution in [3.63, 3.8) is 0 Å². The van der Waals surface area contributed by atoms with E-state index in [1.807, 2.05) is 0 Å². The highest BCUT2D eigenvalue weighted by Crippen LogP contribution is 2.26. The summed E-state index contributed by atoms with van der Waals surface area (Å²) in [4.78, 5) is 15.9. The molecule has 18 heavy (non-hydrogen) atoms. The van der Waals surface area contributed by atoms with Crippen LogP contribution in [0, 0.1) is 0 Å². The van der Waals surface area contributed by atoms with Crippen LogP contribution in [0.2, 0.25) is 5.02 Å². The van der Waals surface area contributed by atoms with Gasteiger partial charge in [0, 0.05) is 27.6 Å². The predicted octanol–water partition coefficient (Wildman–Crippen LogP) is 3.33. The number of aromatic nitrogens is 1. The summed E-state index contributed by atoms with van der Waals surface area (Å²) in [5.41, 5.74) is 6.98. The van der Waals surface area contributed by atoms with Gasteiger partial charge < -0.3 is 11.1 Å². The van der Waals surface area contributed by atoms with Gasteiger partial charge in [0.25, 0.3) is 5.91 Å². The molecule has 92 valence electrons. The van der Waals surface area contributed by atoms with Crippen LogP contribution >= 0.6 is 27.5 Å². The number of carbonyl (C=O) groups is 1. The summed E-state index contributed by atoms with van der Waals surface area (Å²) < 4.78 is 0.739. The molecule has 2 aromatic rings. The van der Waals surface area contributed by atoms with Crippen LogP contribution in [0.15, 0.2) is 41.1 Å². The van der Waals surface area contributed by atoms with Gasteiger partial charge in [-0.1, -0.05) is 11.6 Å². The lowest BCUT2D eigenvalue weighted by Crippen LogP contribution is -2.14. The van der Waals surface area contributed by atoms with Crippen LogP contribution in [0.5, 0.6) is 0 Å². The van der Waals surface area contributed by atoms with Crippen molar-refractivity contribution in [3.8, 4) is 0 Å². The number of nitrogens with one attached hydrogen (secondary N) is 1. The SMILES string of the molecule is Nc1ccncc1C(=O)Nc1cc(Cl)ccc1Br. The molecule has 0 aliphatic rings. The standard InChI is InChI=1S/C12H9BrClN3O/c13-9-2-1-7(14)5-11(9)17-12(18)8-6-16-4-3-10(8)15/h1-6H,(H2,15,16)(H,17,18). The largest absolute Gasteiger partial charge is 0.398 e. The molecule has 2 rings (SSSR count). The molecule has 0 fully saturated rings. The fourth-order valence-corrected chi connectivity index (χ4v) is 1.90. The van der Waals surface area contributed by atoms with Gasteiger partial charge in [-0.05, 0) is 40.2 Å². The minimum absolute atomic E-state index is 0.323. The molecular formula is C12H9BrClN3O. The number of rotatable bonds is 2. The Morgan fingerprint density at radius 3 is 2.89 bits per heavy atom. The number of pyridine rings is 1. The molecule has 1 aromatic heterocycles. The van der Waals surface area contributed by atoms with Crippen LogP contribution in [-0.4, -0.2) is 10.9 Å². The van der Waals surface area contributed by atoms with Crippen molar-refractivity contribution in [3.05, 3.63) is 51.7 Å². The number of hydrogen-bond acceptors (Lipinski definition) is 3. The molecule has 0 spiro atoms. The second-order valence-electron chi connectivity index (χ2n) is 3.54. The lowest BCUT2D eigenvalue weighted by molar-refractivity contribution is 0.102. The molecule has 0 aliphatic heterocycles. The number of nitrogens with two attached hydrogens (primary N) is 1. The van der Waals surface area contributed by atoms with Crippen LogP contribution in [0.1, 0.15) is 10.4 Å². The molecule has 4 nitrogen and oxygen atoms in total. The zero-order chi connectivity index (χ0) is 13.1. The van der Waals surface area contributed by atoms with Crippen LogP contribution < -0.4 is 11.1 Å². The summed E-state index contributed by atoms with van der Waals surface area (Å²) in [6.45, 7) is 0. The van der Waals surface area contributed by atoms with E-state index in [2.05, 4.69) is 26.2 Å². The molecule has 0 atom stereocenters. The average molecular weight is 327 g/mol. The van der Waals surface area contributed by atoms with Gasteiger partial charge in [0.15, 0.2) is 0 Å². The summed E-state index contributed by atoms with van der Waals surface area (Å²) in [7, 11) is 0. The number of hydrogen-bond donors (Lipinski definition) is 2. The fraction of sp³-hybridized carbons (Fsp3) is 0. The van der Waals surface area contributed by atoms with Crippen LogP contribution in [-0.2, 0) is 0 Å². The Balaban J connectivity index is 2.27. The number of nitrogens with zero attached hydrogens (tertiary/aromatic N) is 1. The molecule has 0 aliphatic carbocycles. The molecule has 3 N–H and O–H groups in total. The maximum atomic E-state index is 12.0. The van der Waals surface area contributed by atoms with E-state index in [4.69, 9.17) is 17.3 Å². The number of amides is 1. The van der Waals surface area contributed by atoms with E-state index in [1.165, 1.54) is 12.4 Å². The number of anilines is 2. The first-order chi connectivity index (χ1) is 8.58. The third-order valence-corrected chi connectivity index (χ3v) is 3.20. The van der Waals surface area contributed by atoms with Gasteiger partial charge in [-0.15, -0.1) is 0 Å². The average Bonchev–Trinajstić information content (AvgIpc) is 2.34. The van der Waals surface area contributed by atoms with E-state index < -0.39 is 0 Å². The van der Waals surface area contributed by atoms with E-state index in [1.54, 1.807) is 24.3 Å². The van der Waals surface area contributed by atoms with Crippen LogP contribution in [0.3, 0.4) is 0 Å². The zero-order valence-corrected chi connectivity index (χ0v) is 11.5. The second-order valence-corrected chi connectivity index (χ2v) is 4.83. The molecule has 0 saturated carbocycles. The molecule has 0 unspecified atom stereocenters. The quantitative estimate of drug-likeness (QED) is 0.889. The minimum Gasteiger partial charge on any atom is -0.398 e. The third-order valence-electron chi connectivity index (χ3n) is 2.28. The Morgan fingerprint density at radius 2 is 2.17 bits per heavy atom. The number of benzene rings is 1. The van der Waals surface area contributed by atoms with Crippen molar-refractivity contribution in [2.45, 2.75) is 0 Å². The van der Waals surface area contributed by atoms with Gasteiger partial charge >= 0.3 is 0 Å². The first-order valence-electron chi connectivity index (χ1n) is 5.04. The smallest absolute Gasteiger partial charge is 0.259 e. The summed E-state index contributed by atoms with van der Waals surface area (Å²) >= 11 is 9.20. The highest BCUT2D eigenvalue weighted by Gasteiger charge is 2.11. The van der Waals surface area contributed by atoms with E-state index in [-0.39, 0.29) is 5.91 Å². The van der Waals surface area contributed by atoms with E-state index in [0.717, 1.165) is 4.47 Å². The van der Waals surface area contributed by atoms with Crippen molar-refractivity contribution in [2.24, 2.45) is 0 Å². The Hall–Kier alpha value is -1.59. The lowest BCUT2D eigenvalue weighted by atomic mass is 10.2. The molecular weight excluding hydrogens is 318 g/mol. The number of nitrogen functional groups attached to an aromatic ring is 1. The van der Waals surface area contributed by atoms with Gasteiger partial charge in [0.1, 0.15) is 0 Å². The Bertz CT molecular complexity index is 604. The normalized spacial score (nSPS) is 10.1. The van der Waals surface area contributed by atoms with Gasteiger partial charge in [-0.2, -0.15) is 0 Å². The highest BCUT2D eigenvalue weighted by molar-refractivity contribution is 9.10. The molecule has 6 heteroatoms. The Kier molecular flexibility index (Phi) is 3.84. The third kappa shape index (κ3) is 2.80. The number of halogens is 2. The maximum absolute atomic E-state index is 12.0. The summed E-state index contributed by atoms with van der Waals surface area (Å²) in [6, 6.07) is 6.70. The first-order valence-corrected chi connectivity index (χ1v) is 6.21. The highest BCUT2D eigenvalue weighted by atomic mass is 79.9. The topological polar surface area (TPSA) is 68.0 Å². The van der Waals surface area contributed by atoms with Gasteiger partial charge in [-0.25, -0.2) is 0 Å². The molecule has 0 radical (unpaired) electrons. The van der Waals surface area contributed by atoms with Crippen molar-refractivity contribution in [1.29, 1.82) is 0 Å². The van der Waals surface area contributed by atoms with E-state index in [9.17, 15) is 4.79 Å².